The van der Waals surface area contributed by atoms with Crippen LogP contribution in [0.1, 0.15) is 18.9 Å². The number of amides is 3. The van der Waals surface area contributed by atoms with Gasteiger partial charge in [-0.15, -0.1) is 0 Å². The quantitative estimate of drug-likeness (QED) is 0.388. The Labute approximate surface area is 176 Å². The molecule has 0 heterocycles. The van der Waals surface area contributed by atoms with Crippen LogP contribution < -0.4 is 27.4 Å². The molecule has 0 fully saturated rings. The maximum Gasteiger partial charge on any atom is 0.248 e. The Morgan fingerprint density at radius 1 is 0.833 bits per heavy atom. The summed E-state index contributed by atoms with van der Waals surface area (Å²) in [5.74, 6) is -1.36. The first-order valence-electron chi connectivity index (χ1n) is 9.87. The molecule has 0 aliphatic carbocycles. The van der Waals surface area contributed by atoms with Crippen molar-refractivity contribution in [2.45, 2.75) is 37.9 Å². The third kappa shape index (κ3) is 7.31. The summed E-state index contributed by atoms with van der Waals surface area (Å²) in [5, 5.41) is 8.00. The smallest absolute Gasteiger partial charge is 0.248 e. The minimum absolute atomic E-state index is 0.0863. The van der Waals surface area contributed by atoms with Crippen molar-refractivity contribution in [3.63, 3.8) is 0 Å². The fourth-order valence-corrected chi connectivity index (χ4v) is 2.78. The summed E-state index contributed by atoms with van der Waals surface area (Å²) < 4.78 is 0. The molecule has 2 rings (SSSR count). The van der Waals surface area contributed by atoms with Crippen molar-refractivity contribution < 1.29 is 14.4 Å². The number of hydrogen-bond donors (Lipinski definition) is 5. The first-order valence-corrected chi connectivity index (χ1v) is 9.87. The number of para-hydroxylation sites is 1. The Balaban J connectivity index is 2.04. The molecule has 0 bridgehead atoms. The molecule has 2 aromatic rings. The molecule has 8 nitrogen and oxygen atoms in total. The number of anilines is 1. The van der Waals surface area contributed by atoms with Gasteiger partial charge >= 0.3 is 0 Å². The van der Waals surface area contributed by atoms with Crippen molar-refractivity contribution in [3.05, 3.63) is 66.2 Å². The molecule has 30 heavy (non-hydrogen) atoms. The van der Waals surface area contributed by atoms with Gasteiger partial charge < -0.3 is 27.4 Å². The fraction of sp³-hybridized carbons (Fsp3) is 0.318. The standard InChI is InChI=1S/C22H29N5O3/c1-15(24)20(28)26-18(13-12-16-8-4-2-5-9-16)21(29)27-19(14-23)22(30)25-17-10-6-3-7-11-17/h2-11,15,18-19H,12-14,23-24H2,1H3,(H,25,30)(H,26,28)(H,27,29)/t15-,18+,19+/m1/s1. The minimum Gasteiger partial charge on any atom is -0.343 e. The maximum atomic E-state index is 12.8. The lowest BCUT2D eigenvalue weighted by Gasteiger charge is -2.23. The summed E-state index contributed by atoms with van der Waals surface area (Å²) >= 11 is 0. The normalized spacial score (nSPS) is 13.6. The molecule has 0 radical (unpaired) electrons. The first-order chi connectivity index (χ1) is 14.4. The maximum absolute atomic E-state index is 12.8. The number of nitrogens with one attached hydrogen (secondary N) is 3. The molecule has 0 saturated carbocycles. The van der Waals surface area contributed by atoms with E-state index in [0.717, 1.165) is 5.56 Å². The van der Waals surface area contributed by atoms with Crippen molar-refractivity contribution >= 4 is 23.4 Å². The Morgan fingerprint density at radius 3 is 1.97 bits per heavy atom. The molecule has 3 amide bonds. The van der Waals surface area contributed by atoms with Crippen molar-refractivity contribution in [2.75, 3.05) is 11.9 Å². The summed E-state index contributed by atoms with van der Waals surface area (Å²) in [6.45, 7) is 1.45. The SMILES string of the molecule is C[C@@H](N)C(=O)N[C@@H](CCc1ccccc1)C(=O)N[C@@H](CN)C(=O)Nc1ccccc1. The molecule has 0 unspecified atom stereocenters. The number of hydrogen-bond acceptors (Lipinski definition) is 5. The van der Waals surface area contributed by atoms with E-state index < -0.39 is 35.8 Å². The summed E-state index contributed by atoms with van der Waals surface area (Å²) in [6.07, 6.45) is 0.924. The number of benzene rings is 2. The summed E-state index contributed by atoms with van der Waals surface area (Å²) in [5.41, 5.74) is 13.0. The fourth-order valence-electron chi connectivity index (χ4n) is 2.78. The molecular formula is C22H29N5O3. The van der Waals surface area contributed by atoms with Crippen LogP contribution in [0, 0.1) is 0 Å². The number of carbonyl (C=O) groups excluding carboxylic acids is 3. The van der Waals surface area contributed by atoms with Gasteiger partial charge in [-0.3, -0.25) is 14.4 Å². The van der Waals surface area contributed by atoms with Gasteiger partial charge in [0.15, 0.2) is 0 Å². The van der Waals surface area contributed by atoms with Gasteiger partial charge in [0.1, 0.15) is 12.1 Å². The molecule has 0 aromatic heterocycles. The number of aryl methyl sites for hydroxylation is 1. The average molecular weight is 412 g/mol. The highest BCUT2D eigenvalue weighted by molar-refractivity contribution is 5.98. The van der Waals surface area contributed by atoms with Crippen LogP contribution in [0.3, 0.4) is 0 Å². The third-order valence-corrected chi connectivity index (χ3v) is 4.52. The van der Waals surface area contributed by atoms with Crippen LogP contribution in [0.4, 0.5) is 5.69 Å². The van der Waals surface area contributed by atoms with E-state index in [-0.39, 0.29) is 6.54 Å². The Kier molecular flexibility index (Phi) is 8.99. The largest absolute Gasteiger partial charge is 0.343 e. The zero-order valence-electron chi connectivity index (χ0n) is 17.0. The average Bonchev–Trinajstić information content (AvgIpc) is 2.75. The second-order valence-electron chi connectivity index (χ2n) is 7.03. The van der Waals surface area contributed by atoms with Crippen molar-refractivity contribution in [3.8, 4) is 0 Å². The third-order valence-electron chi connectivity index (χ3n) is 4.52. The summed E-state index contributed by atoms with van der Waals surface area (Å²) in [4.78, 5) is 37.4. The van der Waals surface area contributed by atoms with E-state index >= 15 is 0 Å². The first kappa shape index (κ1) is 23.1. The van der Waals surface area contributed by atoms with E-state index in [1.165, 1.54) is 6.92 Å². The van der Waals surface area contributed by atoms with Crippen LogP contribution in [0.5, 0.6) is 0 Å². The van der Waals surface area contributed by atoms with Gasteiger partial charge in [0.25, 0.3) is 0 Å². The highest BCUT2D eigenvalue weighted by atomic mass is 16.2. The molecule has 0 aliphatic rings. The van der Waals surface area contributed by atoms with E-state index in [1.54, 1.807) is 24.3 Å². The van der Waals surface area contributed by atoms with Gasteiger partial charge in [-0.2, -0.15) is 0 Å². The second kappa shape index (κ2) is 11.7. The molecule has 8 heteroatoms. The van der Waals surface area contributed by atoms with Crippen LogP contribution in [0.2, 0.25) is 0 Å². The zero-order valence-corrected chi connectivity index (χ0v) is 17.0. The lowest BCUT2D eigenvalue weighted by atomic mass is 10.0. The van der Waals surface area contributed by atoms with E-state index in [4.69, 9.17) is 11.5 Å². The van der Waals surface area contributed by atoms with Gasteiger partial charge in [-0.25, -0.2) is 0 Å². The molecule has 2 aromatic carbocycles. The lowest BCUT2D eigenvalue weighted by molar-refractivity contribution is -0.131. The van der Waals surface area contributed by atoms with Crippen molar-refractivity contribution in [1.29, 1.82) is 0 Å². The van der Waals surface area contributed by atoms with Gasteiger partial charge in [-0.05, 0) is 37.5 Å². The minimum atomic E-state index is -0.941. The van der Waals surface area contributed by atoms with Crippen molar-refractivity contribution in [1.82, 2.24) is 10.6 Å². The Bertz CT molecular complexity index is 827. The van der Waals surface area contributed by atoms with Crippen LogP contribution in [0.25, 0.3) is 0 Å². The molecule has 0 spiro atoms. The molecule has 0 aliphatic heterocycles. The number of rotatable bonds is 10. The van der Waals surface area contributed by atoms with Crippen LogP contribution in [-0.2, 0) is 20.8 Å². The summed E-state index contributed by atoms with van der Waals surface area (Å²) in [6, 6.07) is 15.9. The van der Waals surface area contributed by atoms with Gasteiger partial charge in [0.2, 0.25) is 17.7 Å². The lowest BCUT2D eigenvalue weighted by Crippen LogP contribution is -2.56. The topological polar surface area (TPSA) is 139 Å². The van der Waals surface area contributed by atoms with Crippen LogP contribution in [-0.4, -0.2) is 42.4 Å². The predicted molar refractivity (Wildman–Crippen MR) is 116 cm³/mol. The van der Waals surface area contributed by atoms with E-state index in [9.17, 15) is 14.4 Å². The Morgan fingerprint density at radius 2 is 1.40 bits per heavy atom. The predicted octanol–water partition coefficient (Wildman–Crippen LogP) is 0.533. The van der Waals surface area contributed by atoms with Crippen molar-refractivity contribution in [2.24, 2.45) is 11.5 Å². The van der Waals surface area contributed by atoms with Crippen LogP contribution >= 0.6 is 0 Å². The second-order valence-corrected chi connectivity index (χ2v) is 7.03. The molecule has 160 valence electrons. The van der Waals surface area contributed by atoms with Gasteiger partial charge in [0.05, 0.1) is 6.04 Å². The van der Waals surface area contributed by atoms with E-state index in [1.807, 2.05) is 36.4 Å². The number of carbonyl (C=O) groups is 3. The molecular weight excluding hydrogens is 382 g/mol. The van der Waals surface area contributed by atoms with Gasteiger partial charge in [0, 0.05) is 12.2 Å². The Hall–Kier alpha value is -3.23. The number of nitrogens with two attached hydrogens (primary N) is 2. The van der Waals surface area contributed by atoms with E-state index in [0.29, 0.717) is 18.5 Å². The molecule has 0 saturated heterocycles. The summed E-state index contributed by atoms with van der Waals surface area (Å²) in [7, 11) is 0. The highest BCUT2D eigenvalue weighted by Gasteiger charge is 2.26. The monoisotopic (exact) mass is 411 g/mol. The molecule has 3 atom stereocenters. The highest BCUT2D eigenvalue weighted by Crippen LogP contribution is 2.08. The zero-order chi connectivity index (χ0) is 21.9. The molecule has 7 N–H and O–H groups in total. The van der Waals surface area contributed by atoms with Gasteiger partial charge in [-0.1, -0.05) is 48.5 Å². The van der Waals surface area contributed by atoms with Crippen LogP contribution in [0.15, 0.2) is 60.7 Å². The van der Waals surface area contributed by atoms with E-state index in [2.05, 4.69) is 16.0 Å².